The van der Waals surface area contributed by atoms with E-state index in [0.29, 0.717) is 5.56 Å². The summed E-state index contributed by atoms with van der Waals surface area (Å²) in [5.74, 6) is -3.04. The van der Waals surface area contributed by atoms with Crippen molar-refractivity contribution in [2.75, 3.05) is 0 Å². The summed E-state index contributed by atoms with van der Waals surface area (Å²) in [5, 5.41) is 0. The van der Waals surface area contributed by atoms with Crippen LogP contribution in [0, 0.1) is 24.4 Å². The zero-order valence-corrected chi connectivity index (χ0v) is 12.1. The van der Waals surface area contributed by atoms with Crippen LogP contribution in [-0.4, -0.2) is 5.78 Å². The van der Waals surface area contributed by atoms with Crippen LogP contribution in [0.3, 0.4) is 0 Å². The molecular formula is C15H10BrF3O. The standard InChI is InChI=1S/C15H10BrF3O/c1-8-5-6-10(17)13(15(8)19)12(20)7-9-3-2-4-11(18)14(9)16/h2-6H,7H2,1H3. The summed E-state index contributed by atoms with van der Waals surface area (Å²) in [6, 6.07) is 6.50. The summed E-state index contributed by atoms with van der Waals surface area (Å²) < 4.78 is 40.9. The van der Waals surface area contributed by atoms with Crippen molar-refractivity contribution in [1.82, 2.24) is 0 Å². The molecule has 104 valence electrons. The van der Waals surface area contributed by atoms with Gasteiger partial charge in [-0.1, -0.05) is 18.2 Å². The minimum Gasteiger partial charge on any atom is -0.294 e. The van der Waals surface area contributed by atoms with E-state index in [1.54, 1.807) is 0 Å². The van der Waals surface area contributed by atoms with Crippen molar-refractivity contribution in [2.45, 2.75) is 13.3 Å². The number of aryl methyl sites for hydroxylation is 1. The van der Waals surface area contributed by atoms with Crippen molar-refractivity contribution in [2.24, 2.45) is 0 Å². The van der Waals surface area contributed by atoms with Gasteiger partial charge in [-0.3, -0.25) is 4.79 Å². The number of benzene rings is 2. The smallest absolute Gasteiger partial charge is 0.173 e. The number of ketones is 1. The molecule has 0 saturated carbocycles. The van der Waals surface area contributed by atoms with Gasteiger partial charge in [-0.05, 0) is 46.1 Å². The van der Waals surface area contributed by atoms with Gasteiger partial charge in [0.1, 0.15) is 17.5 Å². The second kappa shape index (κ2) is 5.79. The molecule has 1 nitrogen and oxygen atoms in total. The van der Waals surface area contributed by atoms with Gasteiger partial charge in [0.15, 0.2) is 5.78 Å². The highest BCUT2D eigenvalue weighted by Crippen LogP contribution is 2.24. The molecule has 0 unspecified atom stereocenters. The molecule has 0 aliphatic carbocycles. The Morgan fingerprint density at radius 2 is 1.80 bits per heavy atom. The van der Waals surface area contributed by atoms with Gasteiger partial charge in [0.05, 0.1) is 10.0 Å². The van der Waals surface area contributed by atoms with E-state index >= 15 is 0 Å². The van der Waals surface area contributed by atoms with Crippen LogP contribution in [0.1, 0.15) is 21.5 Å². The lowest BCUT2D eigenvalue weighted by Gasteiger charge is -2.08. The third-order valence-electron chi connectivity index (χ3n) is 2.95. The first-order valence-electron chi connectivity index (χ1n) is 5.82. The molecule has 0 amide bonds. The fraction of sp³-hybridized carbons (Fsp3) is 0.133. The molecule has 2 aromatic carbocycles. The monoisotopic (exact) mass is 342 g/mol. The average Bonchev–Trinajstić information content (AvgIpc) is 2.40. The second-order valence-corrected chi connectivity index (χ2v) is 5.16. The summed E-state index contributed by atoms with van der Waals surface area (Å²) in [7, 11) is 0. The van der Waals surface area contributed by atoms with Gasteiger partial charge in [-0.25, -0.2) is 13.2 Å². The van der Waals surface area contributed by atoms with Crippen LogP contribution >= 0.6 is 15.9 Å². The first kappa shape index (κ1) is 14.8. The lowest BCUT2D eigenvalue weighted by molar-refractivity contribution is 0.0984. The predicted molar refractivity (Wildman–Crippen MR) is 73.2 cm³/mol. The quantitative estimate of drug-likeness (QED) is 0.745. The number of carbonyl (C=O) groups is 1. The second-order valence-electron chi connectivity index (χ2n) is 4.37. The lowest BCUT2D eigenvalue weighted by Crippen LogP contribution is -2.11. The topological polar surface area (TPSA) is 17.1 Å². The van der Waals surface area contributed by atoms with Gasteiger partial charge in [-0.2, -0.15) is 0 Å². The predicted octanol–water partition coefficient (Wildman–Crippen LogP) is 4.60. The van der Waals surface area contributed by atoms with Gasteiger partial charge in [0, 0.05) is 6.42 Å². The van der Waals surface area contributed by atoms with E-state index in [9.17, 15) is 18.0 Å². The van der Waals surface area contributed by atoms with Crippen molar-refractivity contribution in [1.29, 1.82) is 0 Å². The number of halogens is 4. The van der Waals surface area contributed by atoms with Crippen LogP contribution in [-0.2, 0) is 6.42 Å². The Hall–Kier alpha value is -1.62. The maximum absolute atomic E-state index is 13.8. The lowest BCUT2D eigenvalue weighted by atomic mass is 10.00. The Labute approximate surface area is 122 Å². The molecular weight excluding hydrogens is 333 g/mol. The highest BCUT2D eigenvalue weighted by Gasteiger charge is 2.20. The van der Waals surface area contributed by atoms with Crippen LogP contribution in [0.2, 0.25) is 0 Å². The van der Waals surface area contributed by atoms with Crippen molar-refractivity contribution in [3.05, 3.63) is 68.9 Å². The Bertz CT molecular complexity index is 683. The molecule has 0 heterocycles. The molecule has 20 heavy (non-hydrogen) atoms. The largest absolute Gasteiger partial charge is 0.294 e. The van der Waals surface area contributed by atoms with E-state index in [0.717, 1.165) is 6.07 Å². The molecule has 0 aromatic heterocycles. The van der Waals surface area contributed by atoms with E-state index in [-0.39, 0.29) is 16.5 Å². The Morgan fingerprint density at radius 3 is 2.50 bits per heavy atom. The maximum Gasteiger partial charge on any atom is 0.173 e. The third kappa shape index (κ3) is 2.77. The number of hydrogen-bond donors (Lipinski definition) is 0. The summed E-state index contributed by atoms with van der Waals surface area (Å²) >= 11 is 3.02. The number of rotatable bonds is 3. The van der Waals surface area contributed by atoms with Crippen LogP contribution in [0.15, 0.2) is 34.8 Å². The molecule has 0 atom stereocenters. The summed E-state index contributed by atoms with van der Waals surface area (Å²) in [5.41, 5.74) is -0.0514. The summed E-state index contributed by atoms with van der Waals surface area (Å²) in [4.78, 5) is 12.0. The fourth-order valence-corrected chi connectivity index (χ4v) is 2.26. The zero-order chi connectivity index (χ0) is 14.9. The van der Waals surface area contributed by atoms with E-state index in [2.05, 4.69) is 15.9 Å². The Morgan fingerprint density at radius 1 is 1.10 bits per heavy atom. The van der Waals surface area contributed by atoms with E-state index in [4.69, 9.17) is 0 Å². The van der Waals surface area contributed by atoms with E-state index in [1.165, 1.54) is 31.2 Å². The molecule has 0 aliphatic rings. The molecule has 0 spiro atoms. The first-order chi connectivity index (χ1) is 9.41. The normalized spacial score (nSPS) is 10.7. The molecule has 0 N–H and O–H groups in total. The molecule has 2 aromatic rings. The van der Waals surface area contributed by atoms with Crippen molar-refractivity contribution < 1.29 is 18.0 Å². The van der Waals surface area contributed by atoms with Crippen molar-refractivity contribution in [3.8, 4) is 0 Å². The molecule has 0 bridgehead atoms. The summed E-state index contributed by atoms with van der Waals surface area (Å²) in [6.45, 7) is 1.45. The van der Waals surface area contributed by atoms with Gasteiger partial charge in [0.2, 0.25) is 0 Å². The third-order valence-corrected chi connectivity index (χ3v) is 3.83. The van der Waals surface area contributed by atoms with Crippen LogP contribution in [0.4, 0.5) is 13.2 Å². The van der Waals surface area contributed by atoms with Crippen LogP contribution < -0.4 is 0 Å². The molecule has 0 fully saturated rings. The molecule has 0 aliphatic heterocycles. The SMILES string of the molecule is Cc1ccc(F)c(C(=O)Cc2cccc(F)c2Br)c1F. The van der Waals surface area contributed by atoms with Gasteiger partial charge < -0.3 is 0 Å². The van der Waals surface area contributed by atoms with Crippen molar-refractivity contribution >= 4 is 21.7 Å². The number of Topliss-reactive ketones (excluding diaryl/α,β-unsaturated/α-hetero) is 1. The molecule has 2 rings (SSSR count). The molecule has 0 saturated heterocycles. The average molecular weight is 343 g/mol. The number of carbonyl (C=O) groups excluding carboxylic acids is 1. The summed E-state index contributed by atoms with van der Waals surface area (Å²) in [6.07, 6.45) is -0.282. The fourth-order valence-electron chi connectivity index (χ4n) is 1.86. The van der Waals surface area contributed by atoms with Crippen LogP contribution in [0.25, 0.3) is 0 Å². The van der Waals surface area contributed by atoms with E-state index in [1.807, 2.05) is 0 Å². The van der Waals surface area contributed by atoms with Crippen LogP contribution in [0.5, 0.6) is 0 Å². The van der Waals surface area contributed by atoms with Gasteiger partial charge in [0.25, 0.3) is 0 Å². The van der Waals surface area contributed by atoms with Crippen molar-refractivity contribution in [3.63, 3.8) is 0 Å². The molecule has 5 heteroatoms. The number of hydrogen-bond acceptors (Lipinski definition) is 1. The highest BCUT2D eigenvalue weighted by molar-refractivity contribution is 9.10. The zero-order valence-electron chi connectivity index (χ0n) is 10.5. The Balaban J connectivity index is 2.39. The van der Waals surface area contributed by atoms with Gasteiger partial charge >= 0.3 is 0 Å². The van der Waals surface area contributed by atoms with Gasteiger partial charge in [-0.15, -0.1) is 0 Å². The highest BCUT2D eigenvalue weighted by atomic mass is 79.9. The molecule has 0 radical (unpaired) electrons. The minimum atomic E-state index is -0.911. The van der Waals surface area contributed by atoms with E-state index < -0.39 is 28.8 Å². The Kier molecular flexibility index (Phi) is 4.28. The minimum absolute atomic E-state index is 0.127. The first-order valence-corrected chi connectivity index (χ1v) is 6.61. The maximum atomic E-state index is 13.8.